The number of amides is 6. The molecular formula is C42H58N6O7S2. The molecular weight excluding hydrogens is 765 g/mol. The first-order valence-corrected chi connectivity index (χ1v) is 21.4. The minimum absolute atomic E-state index is 0.141. The molecule has 2 aromatic rings. The fourth-order valence-electron chi connectivity index (χ4n) is 6.88. The van der Waals surface area contributed by atoms with Crippen LogP contribution in [0, 0.1) is 5.41 Å². The largest absolute Gasteiger partial charge is 0.347 e. The van der Waals surface area contributed by atoms with Crippen LogP contribution in [0.25, 0.3) is 0 Å². The second-order valence-electron chi connectivity index (χ2n) is 16.5. The van der Waals surface area contributed by atoms with E-state index in [-0.39, 0.29) is 24.8 Å². The zero-order valence-electron chi connectivity index (χ0n) is 34.3. The number of hydrogen-bond donors (Lipinski definition) is 4. The number of benzene rings is 2. The summed E-state index contributed by atoms with van der Waals surface area (Å²) < 4.78 is -0.452. The van der Waals surface area contributed by atoms with Crippen molar-refractivity contribution in [3.63, 3.8) is 0 Å². The molecule has 0 aromatic heterocycles. The Bertz CT molecular complexity index is 1780. The normalized spacial score (nSPS) is 18.1. The van der Waals surface area contributed by atoms with E-state index in [0.29, 0.717) is 18.4 Å². The lowest BCUT2D eigenvalue weighted by Crippen LogP contribution is -2.60. The maximum atomic E-state index is 14.7. The number of ketones is 1. The standard InChI is InChI=1S/C42H58N6O7S2/c1-9-17-29(33(50)36(52)43-25-31(49)45-32(37(53)47(7)8)27-18-12-10-13-19-27)44-35(51)30-24-42(56-22-16-23-57-42)26-48(30)38(54)34(40(2,3)4)46-39(55)41(5,6)28-20-14-11-15-21-28/h10-15,18-21,29-30,32,34H,9,16-17,22-26H2,1-8H3,(H,43,52)(H,44,51)(H,45,49)(H,46,55)/t29?,30-,32?,34+/m0/s1. The predicted octanol–water partition coefficient (Wildman–Crippen LogP) is 3.58. The van der Waals surface area contributed by atoms with Gasteiger partial charge in [0.1, 0.15) is 18.1 Å². The third-order valence-electron chi connectivity index (χ3n) is 10.3. The summed E-state index contributed by atoms with van der Waals surface area (Å²) in [6.45, 7) is 10.7. The number of likely N-dealkylation sites (tertiary alicyclic amines) is 1. The Kier molecular flexibility index (Phi) is 15.4. The maximum Gasteiger partial charge on any atom is 0.290 e. The van der Waals surface area contributed by atoms with Crippen molar-refractivity contribution in [1.29, 1.82) is 0 Å². The Labute approximate surface area is 345 Å². The summed E-state index contributed by atoms with van der Waals surface area (Å²) in [5.41, 5.74) is -0.335. The third-order valence-corrected chi connectivity index (χ3v) is 13.7. The summed E-state index contributed by atoms with van der Waals surface area (Å²) in [5.74, 6) is -2.61. The molecule has 0 radical (unpaired) electrons. The van der Waals surface area contributed by atoms with Crippen molar-refractivity contribution in [2.24, 2.45) is 5.41 Å². The van der Waals surface area contributed by atoms with Crippen LogP contribution in [0.15, 0.2) is 60.7 Å². The van der Waals surface area contributed by atoms with Crippen molar-refractivity contribution in [3.8, 4) is 0 Å². The second kappa shape index (κ2) is 19.4. The average Bonchev–Trinajstić information content (AvgIpc) is 3.55. The van der Waals surface area contributed by atoms with Crippen LogP contribution >= 0.6 is 23.5 Å². The summed E-state index contributed by atoms with van der Waals surface area (Å²) in [7, 11) is 3.13. The van der Waals surface area contributed by atoms with Gasteiger partial charge in [0.05, 0.1) is 22.1 Å². The van der Waals surface area contributed by atoms with E-state index in [4.69, 9.17) is 0 Å². The molecule has 2 aromatic carbocycles. The van der Waals surface area contributed by atoms with Gasteiger partial charge in [0, 0.05) is 27.1 Å². The molecule has 2 fully saturated rings. The molecule has 4 N–H and O–H groups in total. The number of hydrogen-bond acceptors (Lipinski definition) is 9. The molecule has 4 atom stereocenters. The zero-order chi connectivity index (χ0) is 42.1. The summed E-state index contributed by atoms with van der Waals surface area (Å²) in [6, 6.07) is 13.8. The Morgan fingerprint density at radius 3 is 2.02 bits per heavy atom. The van der Waals surface area contributed by atoms with Gasteiger partial charge >= 0.3 is 0 Å². The SMILES string of the molecule is CCCC(NC(=O)[C@@H]1CC2(CN1C(=O)[C@@H](NC(=O)C(C)(C)c1ccccc1)C(C)(C)C)SCCCS2)C(=O)C(=O)NCC(=O)NC(C(=O)N(C)C)c1ccccc1. The lowest BCUT2D eigenvalue weighted by atomic mass is 9.81. The number of likely N-dealkylation sites (N-methyl/N-ethyl adjacent to an activating group) is 1. The molecule has 6 amide bonds. The molecule has 2 aliphatic rings. The number of nitrogens with zero attached hydrogens (tertiary/aromatic N) is 2. The van der Waals surface area contributed by atoms with Gasteiger partial charge in [0.15, 0.2) is 0 Å². The number of nitrogens with one attached hydrogen (secondary N) is 4. The van der Waals surface area contributed by atoms with Crippen LogP contribution in [-0.4, -0.2) is 112 Å². The van der Waals surface area contributed by atoms with Gasteiger partial charge in [0.25, 0.3) is 5.91 Å². The van der Waals surface area contributed by atoms with Crippen LogP contribution in [0.3, 0.4) is 0 Å². The molecule has 2 saturated heterocycles. The van der Waals surface area contributed by atoms with E-state index < -0.39 is 75.0 Å². The van der Waals surface area contributed by atoms with Crippen molar-refractivity contribution in [3.05, 3.63) is 71.8 Å². The lowest BCUT2D eigenvalue weighted by molar-refractivity contribution is -0.145. The van der Waals surface area contributed by atoms with Crippen LogP contribution in [0.4, 0.5) is 0 Å². The molecule has 2 heterocycles. The van der Waals surface area contributed by atoms with Crippen molar-refractivity contribution >= 4 is 64.8 Å². The van der Waals surface area contributed by atoms with Crippen LogP contribution in [0.5, 0.6) is 0 Å². The highest BCUT2D eigenvalue weighted by molar-refractivity contribution is 8.18. The first-order chi connectivity index (χ1) is 26.8. The Hall–Kier alpha value is -4.37. The Morgan fingerprint density at radius 1 is 0.860 bits per heavy atom. The highest BCUT2D eigenvalue weighted by Gasteiger charge is 2.53. The number of rotatable bonds is 15. The van der Waals surface area contributed by atoms with Gasteiger partial charge in [0.2, 0.25) is 35.3 Å². The fourth-order valence-corrected chi connectivity index (χ4v) is 10.2. The van der Waals surface area contributed by atoms with E-state index in [1.54, 1.807) is 86.7 Å². The highest BCUT2D eigenvalue weighted by Crippen LogP contribution is 2.50. The average molecular weight is 823 g/mol. The van der Waals surface area contributed by atoms with Gasteiger partial charge in [-0.2, -0.15) is 0 Å². The quantitative estimate of drug-likeness (QED) is 0.196. The van der Waals surface area contributed by atoms with Gasteiger partial charge < -0.3 is 31.1 Å². The van der Waals surface area contributed by atoms with E-state index in [0.717, 1.165) is 23.5 Å². The molecule has 0 saturated carbocycles. The van der Waals surface area contributed by atoms with Crippen LogP contribution in [-0.2, 0) is 39.0 Å². The summed E-state index contributed by atoms with van der Waals surface area (Å²) in [5, 5.41) is 10.8. The monoisotopic (exact) mass is 822 g/mol. The minimum atomic E-state index is -1.22. The molecule has 2 unspecified atom stereocenters. The van der Waals surface area contributed by atoms with E-state index in [1.165, 1.54) is 4.90 Å². The molecule has 13 nitrogen and oxygen atoms in total. The first kappa shape index (κ1) is 45.3. The molecule has 310 valence electrons. The Morgan fingerprint density at radius 2 is 1.46 bits per heavy atom. The van der Waals surface area contributed by atoms with Crippen molar-refractivity contribution in [1.82, 2.24) is 31.1 Å². The Balaban J connectivity index is 1.50. The predicted molar refractivity (Wildman–Crippen MR) is 224 cm³/mol. The van der Waals surface area contributed by atoms with Gasteiger partial charge in [-0.05, 0) is 54.7 Å². The van der Waals surface area contributed by atoms with Crippen molar-refractivity contribution in [2.75, 3.05) is 38.7 Å². The molecule has 0 aliphatic carbocycles. The minimum Gasteiger partial charge on any atom is -0.347 e. The molecule has 0 bridgehead atoms. The lowest BCUT2D eigenvalue weighted by Gasteiger charge is -2.38. The van der Waals surface area contributed by atoms with E-state index in [2.05, 4.69) is 21.3 Å². The summed E-state index contributed by atoms with van der Waals surface area (Å²) >= 11 is 3.43. The van der Waals surface area contributed by atoms with Crippen LogP contribution in [0.2, 0.25) is 0 Å². The molecule has 2 aliphatic heterocycles. The molecule has 4 rings (SSSR count). The molecule has 1 spiro atoms. The zero-order valence-corrected chi connectivity index (χ0v) is 35.9. The van der Waals surface area contributed by atoms with Crippen molar-refractivity contribution in [2.45, 2.75) is 101 Å². The third kappa shape index (κ3) is 11.4. The fraction of sp³-hybridized carbons (Fsp3) is 0.548. The van der Waals surface area contributed by atoms with E-state index >= 15 is 0 Å². The maximum absolute atomic E-state index is 14.7. The van der Waals surface area contributed by atoms with Gasteiger partial charge in [-0.1, -0.05) is 94.8 Å². The number of carbonyl (C=O) groups excluding carboxylic acids is 7. The van der Waals surface area contributed by atoms with Crippen LogP contribution < -0.4 is 21.3 Å². The topological polar surface area (TPSA) is 174 Å². The van der Waals surface area contributed by atoms with Crippen molar-refractivity contribution < 1.29 is 33.6 Å². The van der Waals surface area contributed by atoms with Gasteiger partial charge in [-0.25, -0.2) is 0 Å². The summed E-state index contributed by atoms with van der Waals surface area (Å²) in [4.78, 5) is 98.3. The number of Topliss-reactive ketones (excluding diaryl/α,β-unsaturated/α-hetero) is 1. The van der Waals surface area contributed by atoms with Gasteiger partial charge in [-0.15, -0.1) is 23.5 Å². The summed E-state index contributed by atoms with van der Waals surface area (Å²) in [6.07, 6.45) is 1.92. The molecule has 15 heteroatoms. The van der Waals surface area contributed by atoms with Crippen LogP contribution in [0.1, 0.15) is 84.4 Å². The first-order valence-electron chi connectivity index (χ1n) is 19.4. The second-order valence-corrected chi connectivity index (χ2v) is 19.7. The van der Waals surface area contributed by atoms with E-state index in [1.807, 2.05) is 58.0 Å². The van der Waals surface area contributed by atoms with E-state index in [9.17, 15) is 33.6 Å². The highest BCUT2D eigenvalue weighted by atomic mass is 32.2. The number of thioether (sulfide) groups is 2. The molecule has 57 heavy (non-hydrogen) atoms. The van der Waals surface area contributed by atoms with Gasteiger partial charge in [-0.3, -0.25) is 33.6 Å². The smallest absolute Gasteiger partial charge is 0.290 e. The number of carbonyl (C=O) groups is 7.